The van der Waals surface area contributed by atoms with Crippen molar-refractivity contribution in [3.63, 3.8) is 0 Å². The van der Waals surface area contributed by atoms with Crippen molar-refractivity contribution in [3.05, 3.63) is 35.5 Å². The number of methoxy groups -OCH3 is 1. The molecule has 0 saturated carbocycles. The Bertz CT molecular complexity index is 513. The Morgan fingerprint density at radius 3 is 2.65 bits per heavy atom. The van der Waals surface area contributed by atoms with Gasteiger partial charge in [-0.25, -0.2) is 10.0 Å². The van der Waals surface area contributed by atoms with Crippen molar-refractivity contribution < 1.29 is 4.74 Å². The lowest BCUT2D eigenvalue weighted by atomic mass is 10.1. The van der Waals surface area contributed by atoms with Crippen molar-refractivity contribution in [3.8, 4) is 0 Å². The number of allylic oxidation sites excluding steroid dienone is 1. The minimum Gasteiger partial charge on any atom is -0.479 e. The number of rotatable bonds is 1. The van der Waals surface area contributed by atoms with Gasteiger partial charge < -0.3 is 4.74 Å². The van der Waals surface area contributed by atoms with Gasteiger partial charge >= 0.3 is 0 Å². The van der Waals surface area contributed by atoms with E-state index in [4.69, 9.17) is 4.74 Å². The minimum atomic E-state index is 0.566. The summed E-state index contributed by atoms with van der Waals surface area (Å²) in [5.74, 6) is 0.566. The Morgan fingerprint density at radius 1 is 1.35 bits per heavy atom. The molecule has 1 aliphatic heterocycles. The maximum atomic E-state index is 5.32. The molecule has 0 spiro atoms. The lowest BCUT2D eigenvalue weighted by Gasteiger charge is -2.28. The molecule has 4 heteroatoms. The summed E-state index contributed by atoms with van der Waals surface area (Å²) >= 11 is 0. The van der Waals surface area contributed by atoms with Gasteiger partial charge in [0, 0.05) is 6.72 Å². The van der Waals surface area contributed by atoms with Crippen LogP contribution >= 0.6 is 0 Å². The van der Waals surface area contributed by atoms with Crippen LogP contribution in [-0.2, 0) is 4.74 Å². The number of aliphatic imine (C=N–C) groups is 1. The van der Waals surface area contributed by atoms with E-state index in [1.807, 2.05) is 38.1 Å². The predicted molar refractivity (Wildman–Crippen MR) is 70.9 cm³/mol. The van der Waals surface area contributed by atoms with E-state index < -0.39 is 0 Å². The summed E-state index contributed by atoms with van der Waals surface area (Å²) in [6.07, 6.45) is 0. The van der Waals surface area contributed by atoms with Gasteiger partial charge in [0.25, 0.3) is 0 Å². The number of fused-ring (bicyclic) bond motifs is 1. The van der Waals surface area contributed by atoms with Crippen LogP contribution in [0.1, 0.15) is 13.8 Å². The first kappa shape index (κ1) is 11.4. The van der Waals surface area contributed by atoms with E-state index in [9.17, 15) is 0 Å². The van der Waals surface area contributed by atoms with Gasteiger partial charge in [-0.05, 0) is 31.6 Å². The second-order valence-electron chi connectivity index (χ2n) is 3.91. The van der Waals surface area contributed by atoms with E-state index in [1.165, 1.54) is 0 Å². The molecule has 2 rings (SSSR count). The quantitative estimate of drug-likeness (QED) is 0.694. The van der Waals surface area contributed by atoms with E-state index in [1.54, 1.807) is 12.1 Å². The predicted octanol–water partition coefficient (Wildman–Crippen LogP) is 3.09. The number of benzene rings is 1. The molecule has 88 valence electrons. The van der Waals surface area contributed by atoms with Crippen LogP contribution in [0.3, 0.4) is 0 Å². The molecule has 0 radical (unpaired) electrons. The number of ether oxygens (including phenoxy) is 1. The van der Waals surface area contributed by atoms with Crippen molar-refractivity contribution >= 4 is 24.0 Å². The van der Waals surface area contributed by atoms with Gasteiger partial charge in [0.1, 0.15) is 5.70 Å². The third kappa shape index (κ3) is 1.82. The summed E-state index contributed by atoms with van der Waals surface area (Å²) in [5, 5.41) is 5.81. The van der Waals surface area contributed by atoms with E-state index in [0.29, 0.717) is 5.90 Å². The molecule has 0 atom stereocenters. The summed E-state index contributed by atoms with van der Waals surface area (Å²) in [6, 6.07) is 7.77. The van der Waals surface area contributed by atoms with Crippen LogP contribution in [0.4, 0.5) is 11.4 Å². The Kier molecular flexibility index (Phi) is 2.95. The van der Waals surface area contributed by atoms with Crippen LogP contribution in [0.25, 0.3) is 0 Å². The number of anilines is 1. The summed E-state index contributed by atoms with van der Waals surface area (Å²) < 4.78 is 5.32. The fourth-order valence-corrected chi connectivity index (χ4v) is 1.83. The van der Waals surface area contributed by atoms with Crippen LogP contribution in [0, 0.1) is 0 Å². The average molecular weight is 229 g/mol. The maximum Gasteiger partial charge on any atom is 0.240 e. The second-order valence-corrected chi connectivity index (χ2v) is 3.91. The van der Waals surface area contributed by atoms with Crippen molar-refractivity contribution in [1.82, 2.24) is 0 Å². The van der Waals surface area contributed by atoms with Gasteiger partial charge in [-0.1, -0.05) is 12.1 Å². The number of para-hydroxylation sites is 2. The van der Waals surface area contributed by atoms with Crippen LogP contribution in [0.5, 0.6) is 0 Å². The molecule has 4 nitrogen and oxygen atoms in total. The highest BCUT2D eigenvalue weighted by molar-refractivity contribution is 6.03. The van der Waals surface area contributed by atoms with Gasteiger partial charge in [-0.15, -0.1) is 0 Å². The molecule has 1 aromatic rings. The Morgan fingerprint density at radius 2 is 2.06 bits per heavy atom. The molecule has 0 saturated heterocycles. The van der Waals surface area contributed by atoms with Crippen molar-refractivity contribution in [1.29, 1.82) is 0 Å². The van der Waals surface area contributed by atoms with Gasteiger partial charge in [-0.3, -0.25) is 0 Å². The van der Waals surface area contributed by atoms with Gasteiger partial charge in [0.2, 0.25) is 5.90 Å². The van der Waals surface area contributed by atoms with E-state index in [-0.39, 0.29) is 0 Å². The van der Waals surface area contributed by atoms with Gasteiger partial charge in [0.15, 0.2) is 0 Å². The Hall–Kier alpha value is -2.10. The number of hydrogen-bond donors (Lipinski definition) is 0. The molecule has 1 heterocycles. The molecule has 0 amide bonds. The SMILES string of the molecule is C=NN1C(=C(C)C)C(OC)=Nc2ccccc21. The third-order valence-corrected chi connectivity index (χ3v) is 2.55. The standard InChI is InChI=1S/C13H15N3O/c1-9(2)12-13(17-4)15-10-7-5-6-8-11(10)16(12)14-3/h5-8H,3H2,1-2,4H3. The summed E-state index contributed by atoms with van der Waals surface area (Å²) in [7, 11) is 1.61. The minimum absolute atomic E-state index is 0.566. The van der Waals surface area contributed by atoms with Crippen LogP contribution < -0.4 is 5.01 Å². The average Bonchev–Trinajstić information content (AvgIpc) is 2.35. The second kappa shape index (κ2) is 4.41. The van der Waals surface area contributed by atoms with Crippen LogP contribution in [0.2, 0.25) is 0 Å². The molecule has 0 bridgehead atoms. The highest BCUT2D eigenvalue weighted by Crippen LogP contribution is 2.37. The monoisotopic (exact) mass is 229 g/mol. The smallest absolute Gasteiger partial charge is 0.240 e. The van der Waals surface area contributed by atoms with Crippen molar-refractivity contribution in [2.45, 2.75) is 13.8 Å². The van der Waals surface area contributed by atoms with Crippen molar-refractivity contribution in [2.75, 3.05) is 12.1 Å². The van der Waals surface area contributed by atoms with E-state index in [2.05, 4.69) is 16.8 Å². The number of nitrogens with zero attached hydrogens (tertiary/aromatic N) is 3. The van der Waals surface area contributed by atoms with Gasteiger partial charge in [0.05, 0.1) is 18.5 Å². The first-order valence-corrected chi connectivity index (χ1v) is 5.35. The van der Waals surface area contributed by atoms with Crippen LogP contribution in [-0.4, -0.2) is 19.7 Å². The molecule has 0 aromatic heterocycles. The third-order valence-electron chi connectivity index (χ3n) is 2.55. The number of hydrogen-bond acceptors (Lipinski definition) is 4. The molecule has 1 aliphatic rings. The molecule has 0 aliphatic carbocycles. The van der Waals surface area contributed by atoms with Crippen LogP contribution in [0.15, 0.2) is 45.6 Å². The molecule has 17 heavy (non-hydrogen) atoms. The summed E-state index contributed by atoms with van der Waals surface area (Å²) in [5.41, 5.74) is 3.68. The highest BCUT2D eigenvalue weighted by atomic mass is 16.5. The van der Waals surface area contributed by atoms with Crippen molar-refractivity contribution in [2.24, 2.45) is 10.1 Å². The lowest BCUT2D eigenvalue weighted by molar-refractivity contribution is 0.401. The Labute approximate surface area is 101 Å². The zero-order chi connectivity index (χ0) is 12.4. The molecule has 1 aromatic carbocycles. The first-order valence-electron chi connectivity index (χ1n) is 5.35. The number of hydrazone groups is 1. The molecular weight excluding hydrogens is 214 g/mol. The largest absolute Gasteiger partial charge is 0.479 e. The topological polar surface area (TPSA) is 37.2 Å². The zero-order valence-corrected chi connectivity index (χ0v) is 10.3. The van der Waals surface area contributed by atoms with E-state index in [0.717, 1.165) is 22.6 Å². The lowest BCUT2D eigenvalue weighted by Crippen LogP contribution is -2.27. The molecule has 0 N–H and O–H groups in total. The molecule has 0 unspecified atom stereocenters. The highest BCUT2D eigenvalue weighted by Gasteiger charge is 2.25. The zero-order valence-electron chi connectivity index (χ0n) is 10.3. The fraction of sp³-hybridized carbons (Fsp3) is 0.231. The summed E-state index contributed by atoms with van der Waals surface area (Å²) in [6.45, 7) is 7.61. The van der Waals surface area contributed by atoms with E-state index >= 15 is 0 Å². The first-order chi connectivity index (χ1) is 8.19. The molecular formula is C13H15N3O. The molecule has 0 fully saturated rings. The summed E-state index contributed by atoms with van der Waals surface area (Å²) in [4.78, 5) is 4.47. The Balaban J connectivity index is 2.69. The fourth-order valence-electron chi connectivity index (χ4n) is 1.83. The maximum absolute atomic E-state index is 5.32. The normalized spacial score (nSPS) is 13.9. The van der Waals surface area contributed by atoms with Gasteiger partial charge in [-0.2, -0.15) is 5.10 Å².